The zero-order valence-corrected chi connectivity index (χ0v) is 16.6. The number of methoxy groups -OCH3 is 2. The first-order valence-electron chi connectivity index (χ1n) is 8.56. The number of amides is 2. The van der Waals surface area contributed by atoms with Crippen LogP contribution in [0.4, 0.5) is 0 Å². The number of rotatable bonds is 4. The number of halogens is 1. The van der Waals surface area contributed by atoms with Gasteiger partial charge in [-0.05, 0) is 25.0 Å². The van der Waals surface area contributed by atoms with Crippen molar-refractivity contribution in [2.45, 2.75) is 17.7 Å². The highest BCUT2D eigenvalue weighted by Crippen LogP contribution is 2.44. The summed E-state index contributed by atoms with van der Waals surface area (Å²) in [7, 11) is 3.14. The van der Waals surface area contributed by atoms with Crippen LogP contribution in [-0.4, -0.2) is 72.0 Å². The molecule has 2 saturated heterocycles. The van der Waals surface area contributed by atoms with Crippen LogP contribution in [0.2, 0.25) is 0 Å². The molecule has 2 amide bonds. The van der Waals surface area contributed by atoms with Gasteiger partial charge in [0, 0.05) is 37.0 Å². The minimum Gasteiger partial charge on any atom is -0.497 e. The highest BCUT2D eigenvalue weighted by Gasteiger charge is 2.47. The Kier molecular flexibility index (Phi) is 5.87. The largest absolute Gasteiger partial charge is 0.497 e. The first-order chi connectivity index (χ1) is 12.5. The fourth-order valence-electron chi connectivity index (χ4n) is 3.59. The van der Waals surface area contributed by atoms with Gasteiger partial charge in [-0.25, -0.2) is 0 Å². The van der Waals surface area contributed by atoms with Gasteiger partial charge in [0.25, 0.3) is 5.91 Å². The van der Waals surface area contributed by atoms with E-state index in [9.17, 15) is 9.59 Å². The zero-order chi connectivity index (χ0) is 18.7. The van der Waals surface area contributed by atoms with Gasteiger partial charge in [-0.2, -0.15) is 0 Å². The van der Waals surface area contributed by atoms with E-state index in [2.05, 4.69) is 0 Å². The minimum atomic E-state index is -0.253. The molecule has 1 spiro atoms. The second-order valence-corrected chi connectivity index (χ2v) is 8.09. The lowest BCUT2D eigenvalue weighted by Crippen LogP contribution is -2.53. The number of alkyl halides is 1. The molecule has 0 saturated carbocycles. The van der Waals surface area contributed by atoms with Crippen LogP contribution in [0.15, 0.2) is 18.2 Å². The molecule has 0 atom stereocenters. The van der Waals surface area contributed by atoms with E-state index in [0.29, 0.717) is 36.7 Å². The zero-order valence-electron chi connectivity index (χ0n) is 15.0. The van der Waals surface area contributed by atoms with Gasteiger partial charge < -0.3 is 19.3 Å². The molecule has 26 heavy (non-hydrogen) atoms. The van der Waals surface area contributed by atoms with Crippen molar-refractivity contribution in [3.05, 3.63) is 23.8 Å². The number of carbonyl (C=O) groups excluding carboxylic acids is 2. The molecule has 1 aromatic carbocycles. The summed E-state index contributed by atoms with van der Waals surface area (Å²) >= 11 is 7.48. The van der Waals surface area contributed by atoms with Gasteiger partial charge in [0.15, 0.2) is 0 Å². The molecule has 2 aliphatic rings. The average Bonchev–Trinajstić information content (AvgIpc) is 3.09. The van der Waals surface area contributed by atoms with Gasteiger partial charge in [-0.15, -0.1) is 23.4 Å². The molecule has 0 aliphatic carbocycles. The molecule has 0 aromatic heterocycles. The van der Waals surface area contributed by atoms with E-state index in [4.69, 9.17) is 21.1 Å². The molecule has 2 aliphatic heterocycles. The molecule has 1 aromatic rings. The van der Waals surface area contributed by atoms with Crippen LogP contribution >= 0.6 is 23.4 Å². The van der Waals surface area contributed by atoms with E-state index in [-0.39, 0.29) is 22.6 Å². The summed E-state index contributed by atoms with van der Waals surface area (Å²) in [4.78, 5) is 28.5. The summed E-state index contributed by atoms with van der Waals surface area (Å²) in [5.74, 6) is 2.03. The van der Waals surface area contributed by atoms with E-state index in [1.54, 1.807) is 37.3 Å². The van der Waals surface area contributed by atoms with Crippen molar-refractivity contribution in [3.8, 4) is 11.5 Å². The second-order valence-electron chi connectivity index (χ2n) is 6.37. The third-order valence-corrected chi connectivity index (χ3v) is 6.81. The number of thioether (sulfide) groups is 1. The Morgan fingerprint density at radius 3 is 2.27 bits per heavy atom. The van der Waals surface area contributed by atoms with Crippen molar-refractivity contribution in [3.63, 3.8) is 0 Å². The topological polar surface area (TPSA) is 59.1 Å². The Bertz CT molecular complexity index is 670. The third-order valence-electron chi connectivity index (χ3n) is 5.03. The number of hydrogen-bond acceptors (Lipinski definition) is 5. The molecular weight excluding hydrogens is 376 g/mol. The first-order valence-corrected chi connectivity index (χ1v) is 10.1. The highest BCUT2D eigenvalue weighted by molar-refractivity contribution is 8.00. The Balaban J connectivity index is 1.80. The van der Waals surface area contributed by atoms with Gasteiger partial charge in [-0.1, -0.05) is 0 Å². The molecular formula is C18H23ClN2O4S. The van der Waals surface area contributed by atoms with Crippen molar-refractivity contribution in [2.75, 3.05) is 45.5 Å². The Morgan fingerprint density at radius 1 is 1.12 bits per heavy atom. The summed E-state index contributed by atoms with van der Waals surface area (Å²) in [6, 6.07) is 5.24. The molecule has 3 rings (SSSR count). The second kappa shape index (κ2) is 7.96. The van der Waals surface area contributed by atoms with Gasteiger partial charge in [0.05, 0.1) is 19.1 Å². The van der Waals surface area contributed by atoms with Crippen LogP contribution in [0.5, 0.6) is 11.5 Å². The van der Waals surface area contributed by atoms with Crippen molar-refractivity contribution >= 4 is 35.2 Å². The molecule has 2 fully saturated rings. The summed E-state index contributed by atoms with van der Waals surface area (Å²) in [5, 5.41) is 0. The third kappa shape index (κ3) is 3.60. The molecule has 0 radical (unpaired) electrons. The molecule has 142 valence electrons. The lowest BCUT2D eigenvalue weighted by molar-refractivity contribution is -0.130. The van der Waals surface area contributed by atoms with E-state index in [1.807, 2.05) is 16.7 Å². The highest BCUT2D eigenvalue weighted by atomic mass is 35.5. The normalized spacial score (nSPS) is 18.9. The number of hydrogen-bond donors (Lipinski definition) is 0. The van der Waals surface area contributed by atoms with Gasteiger partial charge in [0.1, 0.15) is 17.4 Å². The number of ether oxygens (including phenoxy) is 2. The van der Waals surface area contributed by atoms with Crippen LogP contribution in [0, 0.1) is 0 Å². The van der Waals surface area contributed by atoms with Crippen LogP contribution in [-0.2, 0) is 4.79 Å². The van der Waals surface area contributed by atoms with E-state index >= 15 is 0 Å². The first kappa shape index (κ1) is 19.2. The molecule has 0 bridgehead atoms. The van der Waals surface area contributed by atoms with Crippen molar-refractivity contribution in [1.82, 2.24) is 9.80 Å². The Hall–Kier alpha value is -1.60. The average molecular weight is 399 g/mol. The fourth-order valence-corrected chi connectivity index (χ4v) is 5.21. The molecule has 2 heterocycles. The molecule has 0 N–H and O–H groups in total. The summed E-state index contributed by atoms with van der Waals surface area (Å²) in [6.07, 6.45) is 1.51. The van der Waals surface area contributed by atoms with Crippen molar-refractivity contribution in [1.29, 1.82) is 0 Å². The van der Waals surface area contributed by atoms with Crippen LogP contribution in [0.25, 0.3) is 0 Å². The van der Waals surface area contributed by atoms with Crippen LogP contribution < -0.4 is 9.47 Å². The van der Waals surface area contributed by atoms with Crippen molar-refractivity contribution in [2.24, 2.45) is 0 Å². The maximum absolute atomic E-state index is 13.2. The minimum absolute atomic E-state index is 0.00634. The van der Waals surface area contributed by atoms with E-state index in [0.717, 1.165) is 18.6 Å². The maximum atomic E-state index is 13.2. The lowest BCUT2D eigenvalue weighted by atomic mass is 10.0. The predicted octanol–water partition coefficient (Wildman–Crippen LogP) is 2.45. The van der Waals surface area contributed by atoms with Gasteiger partial charge in [0.2, 0.25) is 5.91 Å². The fraction of sp³-hybridized carbons (Fsp3) is 0.556. The number of nitrogens with zero attached hydrogens (tertiary/aromatic N) is 2. The van der Waals surface area contributed by atoms with Crippen molar-refractivity contribution < 1.29 is 19.1 Å². The monoisotopic (exact) mass is 398 g/mol. The SMILES string of the molecule is COc1cc(OC)cc(C(=O)N2CCSC23CCN(C(=O)CCl)CC3)c1. The number of carbonyl (C=O) groups is 2. The number of likely N-dealkylation sites (tertiary alicyclic amines) is 1. The lowest BCUT2D eigenvalue weighted by Gasteiger charge is -2.44. The standard InChI is InChI=1S/C18H23ClN2O4S/c1-24-14-9-13(10-15(11-14)25-2)17(23)21-7-8-26-18(21)3-5-20(6-4-18)16(22)12-19/h9-11H,3-8,12H2,1-2H3. The Labute approximate surface area is 162 Å². The van der Waals surface area contributed by atoms with Gasteiger partial charge >= 0.3 is 0 Å². The quantitative estimate of drug-likeness (QED) is 0.729. The molecule has 6 nitrogen and oxygen atoms in total. The maximum Gasteiger partial charge on any atom is 0.255 e. The van der Waals surface area contributed by atoms with E-state index < -0.39 is 0 Å². The Morgan fingerprint density at radius 2 is 1.73 bits per heavy atom. The summed E-state index contributed by atoms with van der Waals surface area (Å²) in [6.45, 7) is 1.96. The summed E-state index contributed by atoms with van der Waals surface area (Å²) in [5.41, 5.74) is 0.558. The summed E-state index contributed by atoms with van der Waals surface area (Å²) < 4.78 is 10.6. The van der Waals surface area contributed by atoms with Gasteiger partial charge in [-0.3, -0.25) is 9.59 Å². The smallest absolute Gasteiger partial charge is 0.255 e. The van der Waals surface area contributed by atoms with E-state index in [1.165, 1.54) is 0 Å². The van der Waals surface area contributed by atoms with Crippen LogP contribution in [0.1, 0.15) is 23.2 Å². The van der Waals surface area contributed by atoms with Crippen LogP contribution in [0.3, 0.4) is 0 Å². The molecule has 8 heteroatoms. The molecule has 0 unspecified atom stereocenters. The predicted molar refractivity (Wildman–Crippen MR) is 102 cm³/mol. The number of piperidine rings is 1. The number of benzene rings is 1.